The smallest absolute Gasteiger partial charge is 0.352 e. The monoisotopic (exact) mass is 596 g/mol. The Hall–Kier alpha value is -3.72. The quantitative estimate of drug-likeness (QED) is 0.311. The van der Waals surface area contributed by atoms with Gasteiger partial charge in [0.05, 0.1) is 17.6 Å². The van der Waals surface area contributed by atoms with E-state index in [0.717, 1.165) is 6.42 Å². The highest BCUT2D eigenvalue weighted by Crippen LogP contribution is 2.41. The third-order valence-electron chi connectivity index (χ3n) is 6.32. The Bertz CT molecular complexity index is 1310. The number of alkyl halides is 8. The first-order valence-corrected chi connectivity index (χ1v) is 12.6. The highest BCUT2D eigenvalue weighted by molar-refractivity contribution is 5.92. The Morgan fingerprint density at radius 2 is 1.66 bits per heavy atom. The normalized spacial score (nSPS) is 15.4. The molecule has 3 aromatic rings. The number of halogens is 8. The van der Waals surface area contributed by atoms with E-state index in [1.807, 2.05) is 0 Å². The van der Waals surface area contributed by atoms with E-state index in [0.29, 0.717) is 41.0 Å². The molecule has 226 valence electrons. The molecule has 0 atom stereocenters. The van der Waals surface area contributed by atoms with Crippen LogP contribution in [0.15, 0.2) is 30.5 Å². The van der Waals surface area contributed by atoms with Crippen molar-refractivity contribution in [2.24, 2.45) is 13.0 Å². The molecule has 41 heavy (non-hydrogen) atoms. The molecule has 16 heteroatoms. The topological polar surface area (TPSA) is 105 Å². The van der Waals surface area contributed by atoms with Crippen LogP contribution in [0.25, 0.3) is 11.0 Å². The molecule has 4 rings (SSSR count). The number of nitrogens with zero attached hydrogens (tertiary/aromatic N) is 3. The molecule has 0 unspecified atom stereocenters. The molecule has 1 aliphatic carbocycles. The van der Waals surface area contributed by atoms with Crippen molar-refractivity contribution in [1.29, 1.82) is 0 Å². The first kappa shape index (κ1) is 31.8. The first-order chi connectivity index (χ1) is 19.0. The van der Waals surface area contributed by atoms with Crippen LogP contribution in [0.5, 0.6) is 0 Å². The summed E-state index contributed by atoms with van der Waals surface area (Å²) in [6.45, 7) is -0.205. The lowest BCUT2D eigenvalue weighted by atomic mass is 9.97. The maximum atomic E-state index is 12.6. The number of fused-ring (bicyclic) bond motifs is 1. The molecule has 0 aliphatic heterocycles. The van der Waals surface area contributed by atoms with E-state index in [2.05, 4.69) is 25.7 Å². The second-order valence-electron chi connectivity index (χ2n) is 9.59. The van der Waals surface area contributed by atoms with Gasteiger partial charge in [-0.05, 0) is 36.6 Å². The second kappa shape index (κ2) is 12.9. The zero-order valence-corrected chi connectivity index (χ0v) is 21.8. The summed E-state index contributed by atoms with van der Waals surface area (Å²) in [4.78, 5) is 31.0. The van der Waals surface area contributed by atoms with E-state index in [-0.39, 0.29) is 31.8 Å². The van der Waals surface area contributed by atoms with Crippen LogP contribution in [0.4, 0.5) is 35.1 Å². The molecular formula is C25H28F8N6O2. The summed E-state index contributed by atoms with van der Waals surface area (Å²) in [7, 11) is 1.61. The largest absolute Gasteiger partial charge is 0.400 e. The lowest BCUT2D eigenvalue weighted by Gasteiger charge is -2.22. The number of nitrogens with one attached hydrogen (secondary N) is 3. The van der Waals surface area contributed by atoms with E-state index in [4.69, 9.17) is 0 Å². The van der Waals surface area contributed by atoms with Crippen molar-refractivity contribution in [2.75, 3.05) is 0 Å². The Morgan fingerprint density at radius 3 is 2.20 bits per heavy atom. The van der Waals surface area contributed by atoms with Crippen LogP contribution in [-0.2, 0) is 24.9 Å². The molecule has 1 aromatic carbocycles. The molecule has 0 spiro atoms. The fourth-order valence-corrected chi connectivity index (χ4v) is 4.10. The van der Waals surface area contributed by atoms with Crippen LogP contribution in [-0.4, -0.2) is 49.8 Å². The van der Waals surface area contributed by atoms with Crippen LogP contribution >= 0.6 is 0 Å². The van der Waals surface area contributed by atoms with Crippen LogP contribution in [0.1, 0.15) is 60.4 Å². The predicted octanol–water partition coefficient (Wildman–Crippen LogP) is 5.56. The minimum atomic E-state index is -5.58. The Kier molecular flexibility index (Phi) is 9.97. The second-order valence-corrected chi connectivity index (χ2v) is 9.59. The Balaban J connectivity index is 0.000000496. The number of H-pyrrole nitrogens is 1. The maximum Gasteiger partial charge on any atom is 0.400 e. The zero-order valence-electron chi connectivity index (χ0n) is 21.8. The zero-order chi connectivity index (χ0) is 30.4. The number of hydrogen-bond donors (Lipinski definition) is 3. The van der Waals surface area contributed by atoms with Gasteiger partial charge in [-0.25, -0.2) is 13.8 Å². The average molecular weight is 597 g/mol. The SMILES string of the molecule is Cn1nccc1C(=O)NCc1nc2ccc(CNC(=O)CC(C(F)(F)F)C(F)(F)F)cc2[nH]1.FC1(F)CCCCC1. The van der Waals surface area contributed by atoms with Gasteiger partial charge in [-0.1, -0.05) is 12.5 Å². The number of hydrogen-bond acceptors (Lipinski definition) is 4. The molecule has 0 saturated heterocycles. The molecule has 2 amide bonds. The van der Waals surface area contributed by atoms with Crippen molar-refractivity contribution in [3.05, 3.63) is 47.5 Å². The molecule has 1 fully saturated rings. The third kappa shape index (κ3) is 9.42. The van der Waals surface area contributed by atoms with Crippen LogP contribution < -0.4 is 10.6 Å². The van der Waals surface area contributed by atoms with Crippen LogP contribution in [0, 0.1) is 5.92 Å². The van der Waals surface area contributed by atoms with Gasteiger partial charge in [0.15, 0.2) is 5.92 Å². The summed E-state index contributed by atoms with van der Waals surface area (Å²) in [6, 6.07) is 6.17. The van der Waals surface area contributed by atoms with E-state index in [1.165, 1.54) is 16.9 Å². The number of aromatic amines is 1. The number of aromatic nitrogens is 4. The molecule has 1 aliphatic rings. The highest BCUT2D eigenvalue weighted by atomic mass is 19.4. The fraction of sp³-hybridized carbons (Fsp3) is 0.520. The molecule has 2 aromatic heterocycles. The van der Waals surface area contributed by atoms with E-state index >= 15 is 0 Å². The Labute approximate surface area is 228 Å². The van der Waals surface area contributed by atoms with E-state index in [1.54, 1.807) is 25.2 Å². The van der Waals surface area contributed by atoms with Gasteiger partial charge in [0.25, 0.3) is 5.91 Å². The van der Waals surface area contributed by atoms with E-state index in [9.17, 15) is 44.7 Å². The number of amides is 2. The van der Waals surface area contributed by atoms with E-state index < -0.39 is 36.5 Å². The van der Waals surface area contributed by atoms with Gasteiger partial charge in [-0.3, -0.25) is 14.3 Å². The molecule has 0 bridgehead atoms. The number of benzene rings is 1. The summed E-state index contributed by atoms with van der Waals surface area (Å²) < 4.78 is 101. The van der Waals surface area contributed by atoms with Gasteiger partial charge in [0.1, 0.15) is 11.5 Å². The molecule has 2 heterocycles. The van der Waals surface area contributed by atoms with Crippen LogP contribution in [0.2, 0.25) is 0 Å². The first-order valence-electron chi connectivity index (χ1n) is 12.6. The number of rotatable bonds is 7. The third-order valence-corrected chi connectivity index (χ3v) is 6.32. The number of carbonyl (C=O) groups is 2. The van der Waals surface area contributed by atoms with Gasteiger partial charge in [0.2, 0.25) is 11.8 Å². The van der Waals surface area contributed by atoms with Crippen molar-refractivity contribution < 1.29 is 44.7 Å². The van der Waals surface area contributed by atoms with Crippen LogP contribution in [0.3, 0.4) is 0 Å². The van der Waals surface area contributed by atoms with Gasteiger partial charge >= 0.3 is 12.4 Å². The van der Waals surface area contributed by atoms with Gasteiger partial charge in [-0.15, -0.1) is 0 Å². The lowest BCUT2D eigenvalue weighted by Crippen LogP contribution is -2.40. The Morgan fingerprint density at radius 1 is 1.00 bits per heavy atom. The summed E-state index contributed by atoms with van der Waals surface area (Å²) in [6.07, 6.45) is -8.77. The number of imidazole rings is 1. The highest BCUT2D eigenvalue weighted by Gasteiger charge is 2.57. The molecular weight excluding hydrogens is 568 g/mol. The summed E-state index contributed by atoms with van der Waals surface area (Å²) in [5, 5.41) is 8.63. The van der Waals surface area contributed by atoms with Gasteiger partial charge in [-0.2, -0.15) is 31.4 Å². The summed E-state index contributed by atoms with van der Waals surface area (Å²) in [5.74, 6) is -7.38. The molecule has 3 N–H and O–H groups in total. The van der Waals surface area contributed by atoms with Crippen molar-refractivity contribution in [3.8, 4) is 0 Å². The molecule has 8 nitrogen and oxygen atoms in total. The molecule has 1 saturated carbocycles. The van der Waals surface area contributed by atoms with Crippen molar-refractivity contribution >= 4 is 22.8 Å². The summed E-state index contributed by atoms with van der Waals surface area (Å²) >= 11 is 0. The predicted molar refractivity (Wildman–Crippen MR) is 131 cm³/mol. The minimum absolute atomic E-state index is 0.0705. The average Bonchev–Trinajstić information content (AvgIpc) is 3.48. The standard InChI is InChI=1S/C19H18F6N6O2.C6H10F2/c1-31-13(4-5-28-31)17(33)27-9-15-29-11-3-2-10(6-12(11)30-15)8-26-16(32)7-14(18(20,21)22)19(23,24)25;7-6(8)4-2-1-3-5-6/h2-6,14H,7-9H2,1H3,(H,26,32)(H,27,33)(H,29,30);1-5H2. The lowest BCUT2D eigenvalue weighted by molar-refractivity contribution is -0.284. The minimum Gasteiger partial charge on any atom is -0.352 e. The molecule has 0 radical (unpaired) electrons. The number of aryl methyl sites for hydroxylation is 1. The maximum absolute atomic E-state index is 12.6. The number of carbonyl (C=O) groups excluding carboxylic acids is 2. The fourth-order valence-electron chi connectivity index (χ4n) is 4.10. The summed E-state index contributed by atoms with van der Waals surface area (Å²) in [5.41, 5.74) is 1.81. The van der Waals surface area contributed by atoms with Crippen molar-refractivity contribution in [2.45, 2.75) is 69.9 Å². The van der Waals surface area contributed by atoms with Crippen molar-refractivity contribution in [1.82, 2.24) is 30.4 Å². The van der Waals surface area contributed by atoms with Crippen molar-refractivity contribution in [3.63, 3.8) is 0 Å². The van der Waals surface area contributed by atoms with Gasteiger partial charge in [0, 0.05) is 39.1 Å². The van der Waals surface area contributed by atoms with Gasteiger partial charge < -0.3 is 15.6 Å².